The average Bonchev–Trinajstić information content (AvgIpc) is 2.92. The Hall–Kier alpha value is -1.59. The molecular formula is C14H8BrClFNO2. The predicted octanol–water partition coefficient (Wildman–Crippen LogP) is 4.96. The summed E-state index contributed by atoms with van der Waals surface area (Å²) in [6, 6.07) is 8.17. The van der Waals surface area contributed by atoms with Gasteiger partial charge in [0.05, 0.1) is 11.3 Å². The summed E-state index contributed by atoms with van der Waals surface area (Å²) in [6.07, 6.45) is 1.58. The maximum Gasteiger partial charge on any atom is 0.214 e. The van der Waals surface area contributed by atoms with Gasteiger partial charge < -0.3 is 9.15 Å². The third kappa shape index (κ3) is 2.51. The second kappa shape index (κ2) is 5.42. The summed E-state index contributed by atoms with van der Waals surface area (Å²) in [5, 5.41) is 1.46. The number of aromatic nitrogens is 1. The van der Waals surface area contributed by atoms with Crippen LogP contribution in [0.3, 0.4) is 0 Å². The topological polar surface area (TPSA) is 35.3 Å². The van der Waals surface area contributed by atoms with Crippen LogP contribution in [0.2, 0.25) is 5.02 Å². The molecular weight excluding hydrogens is 349 g/mol. The molecule has 0 radical (unpaired) electrons. The molecule has 2 heterocycles. The van der Waals surface area contributed by atoms with E-state index in [1.807, 2.05) is 6.07 Å². The van der Waals surface area contributed by atoms with Crippen LogP contribution in [-0.4, -0.2) is 4.98 Å². The van der Waals surface area contributed by atoms with Gasteiger partial charge in [-0.15, -0.1) is 0 Å². The Bertz CT molecular complexity index is 775. The maximum atomic E-state index is 13.1. The van der Waals surface area contributed by atoms with Gasteiger partial charge >= 0.3 is 0 Å². The summed E-state index contributed by atoms with van der Waals surface area (Å²) in [7, 11) is 0. The summed E-state index contributed by atoms with van der Waals surface area (Å²) < 4.78 is 24.1. The molecule has 0 bridgehead atoms. The second-order valence-electron chi connectivity index (χ2n) is 4.08. The molecule has 0 N–H and O–H groups in total. The van der Waals surface area contributed by atoms with E-state index in [0.717, 1.165) is 10.9 Å². The van der Waals surface area contributed by atoms with Gasteiger partial charge in [-0.3, -0.25) is 0 Å². The summed E-state index contributed by atoms with van der Waals surface area (Å²) in [5.74, 6) is -0.106. The minimum absolute atomic E-state index is 0.120. The fraction of sp³-hybridized carbons (Fsp3) is 0.0714. The van der Waals surface area contributed by atoms with Gasteiger partial charge in [-0.05, 0) is 34.1 Å². The Balaban J connectivity index is 1.85. The normalized spacial score (nSPS) is 10.9. The highest BCUT2D eigenvalue weighted by atomic mass is 79.9. The molecule has 102 valence electrons. The minimum Gasteiger partial charge on any atom is -0.473 e. The van der Waals surface area contributed by atoms with E-state index in [-0.39, 0.29) is 11.2 Å². The quantitative estimate of drug-likeness (QED) is 0.622. The number of rotatable bonds is 3. The lowest BCUT2D eigenvalue weighted by molar-refractivity contribution is 0.292. The van der Waals surface area contributed by atoms with Crippen molar-refractivity contribution in [2.45, 2.75) is 6.61 Å². The molecule has 2 aromatic heterocycles. The van der Waals surface area contributed by atoms with E-state index in [0.29, 0.717) is 16.5 Å². The van der Waals surface area contributed by atoms with Crippen molar-refractivity contribution >= 4 is 38.5 Å². The van der Waals surface area contributed by atoms with Crippen molar-refractivity contribution < 1.29 is 13.5 Å². The van der Waals surface area contributed by atoms with Crippen LogP contribution in [0.15, 0.2) is 45.6 Å². The summed E-state index contributed by atoms with van der Waals surface area (Å²) in [4.78, 5) is 3.94. The lowest BCUT2D eigenvalue weighted by atomic mass is 10.1. The molecule has 0 saturated carbocycles. The van der Waals surface area contributed by atoms with Gasteiger partial charge in [-0.25, -0.2) is 9.37 Å². The van der Waals surface area contributed by atoms with Crippen LogP contribution in [0.4, 0.5) is 4.39 Å². The molecule has 6 heteroatoms. The molecule has 0 aliphatic rings. The van der Waals surface area contributed by atoms with Gasteiger partial charge in [0.15, 0.2) is 5.82 Å². The predicted molar refractivity (Wildman–Crippen MR) is 77.5 cm³/mol. The van der Waals surface area contributed by atoms with E-state index in [4.69, 9.17) is 20.8 Å². The Labute approximate surface area is 127 Å². The van der Waals surface area contributed by atoms with Gasteiger partial charge in [0, 0.05) is 17.0 Å². The lowest BCUT2D eigenvalue weighted by Crippen LogP contribution is -1.98. The zero-order chi connectivity index (χ0) is 14.1. The van der Waals surface area contributed by atoms with Gasteiger partial charge in [0.25, 0.3) is 0 Å². The third-order valence-electron chi connectivity index (χ3n) is 2.80. The molecule has 1 aromatic carbocycles. The van der Waals surface area contributed by atoms with Gasteiger partial charge in [-0.2, -0.15) is 0 Å². The zero-order valence-corrected chi connectivity index (χ0v) is 12.4. The fourth-order valence-corrected chi connectivity index (χ4v) is 2.35. The molecule has 0 spiro atoms. The number of pyridine rings is 1. The molecule has 3 rings (SSSR count). The summed E-state index contributed by atoms with van der Waals surface area (Å²) >= 11 is 9.08. The fourth-order valence-electron chi connectivity index (χ4n) is 1.83. The molecule has 0 aliphatic heterocycles. The zero-order valence-electron chi connectivity index (χ0n) is 10.1. The number of hydrogen-bond acceptors (Lipinski definition) is 3. The first-order chi connectivity index (χ1) is 9.65. The first kappa shape index (κ1) is 13.4. The maximum absolute atomic E-state index is 13.1. The largest absolute Gasteiger partial charge is 0.473 e. The third-order valence-corrected chi connectivity index (χ3v) is 3.68. The smallest absolute Gasteiger partial charge is 0.214 e. The van der Waals surface area contributed by atoms with E-state index in [2.05, 4.69) is 20.9 Å². The molecule has 0 aliphatic carbocycles. The molecule has 0 amide bonds. The van der Waals surface area contributed by atoms with Gasteiger partial charge in [0.1, 0.15) is 16.8 Å². The molecule has 0 unspecified atom stereocenters. The highest BCUT2D eigenvalue weighted by Crippen LogP contribution is 2.28. The van der Waals surface area contributed by atoms with Crippen molar-refractivity contribution in [2.75, 3.05) is 0 Å². The van der Waals surface area contributed by atoms with Crippen LogP contribution in [0.25, 0.3) is 11.0 Å². The standard InChI is InChI=1S/C14H8BrClFNO2/c15-14-11(17)3-4-12(18-14)20-7-8-1-2-10(16)9-5-6-19-13(8)9/h1-6H,7H2. The minimum atomic E-state index is -0.433. The molecule has 0 saturated heterocycles. The van der Waals surface area contributed by atoms with Gasteiger partial charge in [0.2, 0.25) is 5.88 Å². The van der Waals surface area contributed by atoms with Crippen molar-refractivity contribution in [1.82, 2.24) is 4.98 Å². The number of benzene rings is 1. The lowest BCUT2D eigenvalue weighted by Gasteiger charge is -2.07. The Morgan fingerprint density at radius 2 is 2.10 bits per heavy atom. The molecule has 3 aromatic rings. The highest BCUT2D eigenvalue weighted by Gasteiger charge is 2.09. The number of furan rings is 1. The second-order valence-corrected chi connectivity index (χ2v) is 5.24. The summed E-state index contributed by atoms with van der Waals surface area (Å²) in [5.41, 5.74) is 1.52. The number of halogens is 3. The summed E-state index contributed by atoms with van der Waals surface area (Å²) in [6.45, 7) is 0.256. The van der Waals surface area contributed by atoms with E-state index in [1.165, 1.54) is 12.1 Å². The monoisotopic (exact) mass is 355 g/mol. The first-order valence-electron chi connectivity index (χ1n) is 5.74. The number of fused-ring (bicyclic) bond motifs is 1. The van der Waals surface area contributed by atoms with Crippen LogP contribution >= 0.6 is 27.5 Å². The van der Waals surface area contributed by atoms with Crippen LogP contribution in [0.5, 0.6) is 5.88 Å². The van der Waals surface area contributed by atoms with Crippen LogP contribution in [0, 0.1) is 5.82 Å². The van der Waals surface area contributed by atoms with Crippen molar-refractivity contribution in [1.29, 1.82) is 0 Å². The van der Waals surface area contributed by atoms with E-state index in [1.54, 1.807) is 18.4 Å². The number of ether oxygens (including phenoxy) is 1. The van der Waals surface area contributed by atoms with Crippen LogP contribution in [0.1, 0.15) is 5.56 Å². The molecule has 0 atom stereocenters. The number of hydrogen-bond donors (Lipinski definition) is 0. The molecule has 20 heavy (non-hydrogen) atoms. The van der Waals surface area contributed by atoms with Crippen LogP contribution < -0.4 is 4.74 Å². The molecule has 3 nitrogen and oxygen atoms in total. The van der Waals surface area contributed by atoms with E-state index < -0.39 is 5.82 Å². The Morgan fingerprint density at radius 1 is 1.25 bits per heavy atom. The molecule has 0 fully saturated rings. The van der Waals surface area contributed by atoms with Gasteiger partial charge in [-0.1, -0.05) is 17.7 Å². The van der Waals surface area contributed by atoms with E-state index >= 15 is 0 Å². The van der Waals surface area contributed by atoms with E-state index in [9.17, 15) is 4.39 Å². The van der Waals surface area contributed by atoms with Crippen molar-refractivity contribution in [3.63, 3.8) is 0 Å². The van der Waals surface area contributed by atoms with Crippen molar-refractivity contribution in [3.05, 3.63) is 57.6 Å². The average molecular weight is 357 g/mol. The Kier molecular flexibility index (Phi) is 3.63. The van der Waals surface area contributed by atoms with Crippen molar-refractivity contribution in [2.24, 2.45) is 0 Å². The number of nitrogens with zero attached hydrogens (tertiary/aromatic N) is 1. The van der Waals surface area contributed by atoms with Crippen molar-refractivity contribution in [3.8, 4) is 5.88 Å². The van der Waals surface area contributed by atoms with Crippen LogP contribution in [-0.2, 0) is 6.61 Å². The Morgan fingerprint density at radius 3 is 2.90 bits per heavy atom. The first-order valence-corrected chi connectivity index (χ1v) is 6.91. The highest BCUT2D eigenvalue weighted by molar-refractivity contribution is 9.10. The SMILES string of the molecule is Fc1ccc(OCc2ccc(Cl)c3ccoc23)nc1Br.